The van der Waals surface area contributed by atoms with Crippen molar-refractivity contribution in [1.82, 2.24) is 0 Å². The average molecular weight is 191 g/mol. The number of thiol groups is 1. The van der Waals surface area contributed by atoms with E-state index >= 15 is 0 Å². The summed E-state index contributed by atoms with van der Waals surface area (Å²) in [5, 5.41) is 9.81. The zero-order valence-electron chi connectivity index (χ0n) is 5.03. The molecule has 48 valence electrons. The molecule has 0 rings (SSSR count). The van der Waals surface area contributed by atoms with E-state index in [1.807, 2.05) is 0 Å². The number of carboxylic acid groups (broad SMARTS) is 1. The molecule has 9 heavy (non-hydrogen) atoms. The van der Waals surface area contributed by atoms with Crippen molar-refractivity contribution in [3.8, 4) is 0 Å². The summed E-state index contributed by atoms with van der Waals surface area (Å²) in [6, 6.07) is -0.891. The van der Waals surface area contributed by atoms with Crippen LogP contribution in [0.4, 0.5) is 0 Å². The van der Waals surface area contributed by atoms with Gasteiger partial charge in [-0.15, -0.1) is 11.7 Å². The van der Waals surface area contributed by atoms with Gasteiger partial charge in [-0.2, -0.15) is 0 Å². The molecule has 0 bridgehead atoms. The van der Waals surface area contributed by atoms with Gasteiger partial charge in [-0.05, 0) is 0 Å². The fraction of sp³-hybridized carbons (Fsp3) is 0.667. The molecule has 0 fully saturated rings. The molecular formula is C3H6KNO2S2. The monoisotopic (exact) mass is 191 g/mol. The summed E-state index contributed by atoms with van der Waals surface area (Å²) >= 11 is 3.70. The Hall–Kier alpha value is 1.77. The first kappa shape index (κ1) is 13.4. The smallest absolute Gasteiger partial charge is 0.548 e. The molecule has 2 N–H and O–H groups in total. The summed E-state index contributed by atoms with van der Waals surface area (Å²) < 4.78 is 0. The minimum absolute atomic E-state index is 0. The first-order valence-electron chi connectivity index (χ1n) is 1.91. The van der Waals surface area contributed by atoms with Crippen LogP contribution in [0.15, 0.2) is 0 Å². The Morgan fingerprint density at radius 3 is 2.44 bits per heavy atom. The molecule has 0 amide bonds. The summed E-state index contributed by atoms with van der Waals surface area (Å²) in [5.41, 5.74) is 5.00. The molecule has 0 heterocycles. The van der Waals surface area contributed by atoms with Crippen LogP contribution >= 0.6 is 22.5 Å². The topological polar surface area (TPSA) is 66.2 Å². The van der Waals surface area contributed by atoms with Crippen LogP contribution < -0.4 is 62.2 Å². The fourth-order valence-corrected chi connectivity index (χ4v) is 0.927. The Morgan fingerprint density at radius 2 is 2.33 bits per heavy atom. The molecule has 1 atom stereocenters. The Balaban J connectivity index is 0. The van der Waals surface area contributed by atoms with E-state index in [-0.39, 0.29) is 57.1 Å². The van der Waals surface area contributed by atoms with Gasteiger partial charge in [0.1, 0.15) is 0 Å². The second-order valence-electron chi connectivity index (χ2n) is 1.22. The van der Waals surface area contributed by atoms with Crippen molar-refractivity contribution in [3.63, 3.8) is 0 Å². The van der Waals surface area contributed by atoms with Gasteiger partial charge < -0.3 is 15.6 Å². The van der Waals surface area contributed by atoms with Crippen molar-refractivity contribution in [1.29, 1.82) is 0 Å². The van der Waals surface area contributed by atoms with Crippen molar-refractivity contribution < 1.29 is 61.3 Å². The molecule has 0 saturated carbocycles. The number of hydrogen-bond donors (Lipinski definition) is 2. The molecule has 0 radical (unpaired) electrons. The predicted octanol–water partition coefficient (Wildman–Crippen LogP) is -4.35. The molecule has 0 aliphatic rings. The second-order valence-corrected chi connectivity index (χ2v) is 2.59. The van der Waals surface area contributed by atoms with Crippen LogP contribution in [-0.4, -0.2) is 17.8 Å². The molecule has 0 aromatic rings. The van der Waals surface area contributed by atoms with Gasteiger partial charge in [-0.1, -0.05) is 10.8 Å². The van der Waals surface area contributed by atoms with E-state index < -0.39 is 12.0 Å². The molecule has 0 aromatic carbocycles. The average Bonchev–Trinajstić information content (AvgIpc) is 1.67. The molecule has 0 unspecified atom stereocenters. The van der Waals surface area contributed by atoms with E-state index in [1.165, 1.54) is 0 Å². The van der Waals surface area contributed by atoms with Crippen LogP contribution in [0.2, 0.25) is 0 Å². The maximum absolute atomic E-state index is 9.81. The Bertz CT molecular complexity index is 91.9. The van der Waals surface area contributed by atoms with Gasteiger partial charge in [0.05, 0.1) is 12.0 Å². The Morgan fingerprint density at radius 1 is 1.89 bits per heavy atom. The molecule has 0 aromatic heterocycles. The van der Waals surface area contributed by atoms with Gasteiger partial charge in [-0.25, -0.2) is 0 Å². The molecule has 0 spiro atoms. The van der Waals surface area contributed by atoms with Gasteiger partial charge in [0.2, 0.25) is 0 Å². The number of aliphatic carboxylic acids is 1. The summed E-state index contributed by atoms with van der Waals surface area (Å²) in [4.78, 5) is 9.81. The summed E-state index contributed by atoms with van der Waals surface area (Å²) in [7, 11) is 1.09. The van der Waals surface area contributed by atoms with Gasteiger partial charge in [0, 0.05) is 5.75 Å². The molecule has 0 aliphatic heterocycles. The SMILES string of the molecule is N[C@@H](CSS)C(=O)[O-].[K+]. The molecule has 3 nitrogen and oxygen atoms in total. The first-order chi connectivity index (χ1) is 3.68. The minimum Gasteiger partial charge on any atom is -0.548 e. The van der Waals surface area contributed by atoms with Crippen molar-refractivity contribution >= 4 is 28.4 Å². The second kappa shape index (κ2) is 7.87. The predicted molar refractivity (Wildman–Crippen MR) is 34.4 cm³/mol. The van der Waals surface area contributed by atoms with Crippen molar-refractivity contribution in [2.45, 2.75) is 6.04 Å². The fourth-order valence-electron chi connectivity index (χ4n) is 0.148. The third-order valence-corrected chi connectivity index (χ3v) is 1.51. The largest absolute Gasteiger partial charge is 1.00 e. The normalized spacial score (nSPS) is 11.8. The summed E-state index contributed by atoms with van der Waals surface area (Å²) in [6.07, 6.45) is 0. The van der Waals surface area contributed by atoms with Gasteiger partial charge in [0.15, 0.2) is 0 Å². The van der Waals surface area contributed by atoms with Crippen LogP contribution in [0.3, 0.4) is 0 Å². The van der Waals surface area contributed by atoms with Gasteiger partial charge >= 0.3 is 51.4 Å². The molecule has 6 heteroatoms. The number of hydrogen-bond acceptors (Lipinski definition) is 5. The van der Waals surface area contributed by atoms with Gasteiger partial charge in [-0.3, -0.25) is 0 Å². The minimum atomic E-state index is -1.23. The third-order valence-electron chi connectivity index (χ3n) is 0.557. The van der Waals surface area contributed by atoms with Crippen LogP contribution in [0.25, 0.3) is 0 Å². The molecule has 0 aliphatic carbocycles. The van der Waals surface area contributed by atoms with E-state index in [1.54, 1.807) is 0 Å². The van der Waals surface area contributed by atoms with Crippen molar-refractivity contribution in [2.24, 2.45) is 5.73 Å². The zero-order valence-corrected chi connectivity index (χ0v) is 9.87. The van der Waals surface area contributed by atoms with Crippen LogP contribution in [-0.2, 0) is 4.79 Å². The van der Waals surface area contributed by atoms with Crippen LogP contribution in [0.1, 0.15) is 0 Å². The van der Waals surface area contributed by atoms with E-state index in [0.29, 0.717) is 0 Å². The zero-order chi connectivity index (χ0) is 6.57. The Labute approximate surface area is 105 Å². The number of rotatable bonds is 3. The first-order valence-corrected chi connectivity index (χ1v) is 3.95. The summed E-state index contributed by atoms with van der Waals surface area (Å²) in [5.74, 6) is -0.947. The van der Waals surface area contributed by atoms with Crippen molar-refractivity contribution in [2.75, 3.05) is 5.75 Å². The van der Waals surface area contributed by atoms with Gasteiger partial charge in [0.25, 0.3) is 0 Å². The molecule has 0 saturated heterocycles. The maximum atomic E-state index is 9.81. The third kappa shape index (κ3) is 7.67. The van der Waals surface area contributed by atoms with Crippen molar-refractivity contribution in [3.05, 3.63) is 0 Å². The number of carbonyl (C=O) groups is 1. The maximum Gasteiger partial charge on any atom is 1.00 e. The summed E-state index contributed by atoms with van der Waals surface area (Å²) in [6.45, 7) is 0. The van der Waals surface area contributed by atoms with E-state index in [0.717, 1.165) is 10.8 Å². The molecular weight excluding hydrogens is 185 g/mol. The van der Waals surface area contributed by atoms with E-state index in [9.17, 15) is 9.90 Å². The number of nitrogens with two attached hydrogens (primary N) is 1. The van der Waals surface area contributed by atoms with Crippen LogP contribution in [0, 0.1) is 0 Å². The van der Waals surface area contributed by atoms with E-state index in [4.69, 9.17) is 5.73 Å². The number of carboxylic acids is 1. The standard InChI is InChI=1S/C3H7NO2S2.K/c4-2(1-8-7)3(5)6;/h2,7H,1,4H2,(H,5,6);/q;+1/p-1/t2-;/m0./s1. The van der Waals surface area contributed by atoms with Crippen LogP contribution in [0.5, 0.6) is 0 Å². The Kier molecular flexibility index (Phi) is 11.7. The quantitative estimate of drug-likeness (QED) is 0.269. The van der Waals surface area contributed by atoms with E-state index in [2.05, 4.69) is 11.7 Å². The number of carbonyl (C=O) groups excluding carboxylic acids is 1.